The highest BCUT2D eigenvalue weighted by molar-refractivity contribution is 5.89. The summed E-state index contributed by atoms with van der Waals surface area (Å²) in [6, 6.07) is 0. The van der Waals surface area contributed by atoms with Gasteiger partial charge in [0.2, 0.25) is 11.8 Å². The third kappa shape index (κ3) is 3.10. The summed E-state index contributed by atoms with van der Waals surface area (Å²) < 4.78 is 73.4. The number of alkyl halides is 6. The Hall–Kier alpha value is -1.48. The fraction of sp³-hybridized carbons (Fsp3) is 0.778. The van der Waals surface area contributed by atoms with Crippen molar-refractivity contribution in [2.24, 2.45) is 5.92 Å². The summed E-state index contributed by atoms with van der Waals surface area (Å²) in [7, 11) is 0. The zero-order valence-corrected chi connectivity index (χ0v) is 9.23. The monoisotopic (exact) mass is 293 g/mol. The van der Waals surface area contributed by atoms with Crippen LogP contribution in [0.4, 0.5) is 26.3 Å². The van der Waals surface area contributed by atoms with Gasteiger partial charge in [-0.1, -0.05) is 0 Å². The highest BCUT2D eigenvalue weighted by atomic mass is 19.4. The number of hydrogen-bond acceptors (Lipinski definition) is 2. The molecule has 0 bridgehead atoms. The van der Waals surface area contributed by atoms with Crippen LogP contribution in [0.25, 0.3) is 0 Å². The van der Waals surface area contributed by atoms with Crippen molar-refractivity contribution in [3.05, 3.63) is 0 Å². The molecule has 0 aromatic carbocycles. The van der Waals surface area contributed by atoms with Crippen LogP contribution in [0.1, 0.15) is 19.3 Å². The lowest BCUT2D eigenvalue weighted by Gasteiger charge is -2.39. The van der Waals surface area contributed by atoms with E-state index in [1.807, 2.05) is 0 Å². The van der Waals surface area contributed by atoms with Crippen LogP contribution in [-0.2, 0) is 9.59 Å². The molecule has 0 aromatic heterocycles. The Balaban J connectivity index is 2.94. The summed E-state index contributed by atoms with van der Waals surface area (Å²) in [6.45, 7) is 0. The molecule has 0 saturated heterocycles. The van der Waals surface area contributed by atoms with E-state index in [0.29, 0.717) is 6.42 Å². The van der Waals surface area contributed by atoms with Crippen molar-refractivity contribution in [1.29, 1.82) is 0 Å². The number of rotatable bonds is 3. The van der Waals surface area contributed by atoms with Gasteiger partial charge < -0.3 is 10.4 Å². The Morgan fingerprint density at radius 3 is 1.68 bits per heavy atom. The summed E-state index contributed by atoms with van der Waals surface area (Å²) in [6.07, 6.45) is -11.8. The minimum atomic E-state index is -5.83. The summed E-state index contributed by atoms with van der Waals surface area (Å²) >= 11 is 0. The highest BCUT2D eigenvalue weighted by Crippen LogP contribution is 2.41. The van der Waals surface area contributed by atoms with Gasteiger partial charge in [-0.3, -0.25) is 4.79 Å². The van der Waals surface area contributed by atoms with Gasteiger partial charge in [0, 0.05) is 0 Å². The van der Waals surface area contributed by atoms with Crippen LogP contribution in [0.2, 0.25) is 0 Å². The molecule has 1 aliphatic carbocycles. The Labute approximate surface area is 102 Å². The molecule has 0 radical (unpaired) electrons. The van der Waals surface area contributed by atoms with E-state index in [2.05, 4.69) is 0 Å². The lowest BCUT2D eigenvalue weighted by Crippen LogP contribution is -2.62. The zero-order valence-electron chi connectivity index (χ0n) is 9.23. The average Bonchev–Trinajstić information content (AvgIpc) is 2.05. The van der Waals surface area contributed by atoms with Gasteiger partial charge in [0.25, 0.3) is 0 Å². The van der Waals surface area contributed by atoms with E-state index in [1.165, 1.54) is 5.32 Å². The molecule has 110 valence electrons. The molecular formula is C9H9F6NO3. The SMILES string of the molecule is O=C(NC1(C(=O)O)CCC1)C(C(F)(F)F)C(F)(F)F. The van der Waals surface area contributed by atoms with Gasteiger partial charge in [0.1, 0.15) is 5.54 Å². The fourth-order valence-corrected chi connectivity index (χ4v) is 1.71. The molecule has 1 saturated carbocycles. The predicted molar refractivity (Wildman–Crippen MR) is 48.0 cm³/mol. The number of hydrogen-bond donors (Lipinski definition) is 2. The molecule has 0 spiro atoms. The van der Waals surface area contributed by atoms with Gasteiger partial charge in [0.15, 0.2) is 0 Å². The van der Waals surface area contributed by atoms with Gasteiger partial charge in [-0.2, -0.15) is 26.3 Å². The first kappa shape index (κ1) is 15.6. The molecule has 0 atom stereocenters. The van der Waals surface area contributed by atoms with Crippen LogP contribution in [0.15, 0.2) is 0 Å². The Morgan fingerprint density at radius 1 is 1.05 bits per heavy atom. The molecule has 0 heterocycles. The Bertz CT molecular complexity index is 370. The van der Waals surface area contributed by atoms with Crippen LogP contribution in [0.3, 0.4) is 0 Å². The third-order valence-corrected chi connectivity index (χ3v) is 2.90. The quantitative estimate of drug-likeness (QED) is 0.780. The van der Waals surface area contributed by atoms with E-state index >= 15 is 0 Å². The number of carbonyl (C=O) groups excluding carboxylic acids is 1. The Morgan fingerprint density at radius 2 is 1.47 bits per heavy atom. The fourth-order valence-electron chi connectivity index (χ4n) is 1.71. The topological polar surface area (TPSA) is 66.4 Å². The van der Waals surface area contributed by atoms with Crippen molar-refractivity contribution in [1.82, 2.24) is 5.32 Å². The predicted octanol–water partition coefficient (Wildman–Crippen LogP) is 1.85. The second kappa shape index (κ2) is 4.57. The second-order valence-electron chi connectivity index (χ2n) is 4.25. The van der Waals surface area contributed by atoms with E-state index in [4.69, 9.17) is 5.11 Å². The van der Waals surface area contributed by atoms with Crippen molar-refractivity contribution >= 4 is 11.9 Å². The molecule has 2 N–H and O–H groups in total. The standard InChI is InChI=1S/C9H9F6NO3/c10-8(11,12)4(9(13,14)15)5(17)16-7(6(18)19)2-1-3-7/h4H,1-3H2,(H,16,17)(H,18,19). The summed E-state index contributed by atoms with van der Waals surface area (Å²) in [5.74, 6) is -8.26. The van der Waals surface area contributed by atoms with Crippen molar-refractivity contribution < 1.29 is 41.0 Å². The van der Waals surface area contributed by atoms with Crippen molar-refractivity contribution in [2.45, 2.75) is 37.2 Å². The minimum absolute atomic E-state index is 0.198. The number of aliphatic carboxylic acids is 1. The van der Waals surface area contributed by atoms with E-state index in [-0.39, 0.29) is 12.8 Å². The summed E-state index contributed by atoms with van der Waals surface area (Å²) in [5.41, 5.74) is -2.02. The molecule has 1 fully saturated rings. The van der Waals surface area contributed by atoms with Crippen molar-refractivity contribution in [2.75, 3.05) is 0 Å². The van der Waals surface area contributed by atoms with E-state index < -0.39 is 35.7 Å². The van der Waals surface area contributed by atoms with E-state index in [0.717, 1.165) is 0 Å². The maximum atomic E-state index is 12.2. The minimum Gasteiger partial charge on any atom is -0.480 e. The second-order valence-corrected chi connectivity index (χ2v) is 4.25. The summed E-state index contributed by atoms with van der Waals surface area (Å²) in [5, 5.41) is 10.1. The number of amides is 1. The van der Waals surface area contributed by atoms with Gasteiger partial charge in [0.05, 0.1) is 0 Å². The van der Waals surface area contributed by atoms with Gasteiger partial charge in [-0.05, 0) is 19.3 Å². The third-order valence-electron chi connectivity index (χ3n) is 2.90. The van der Waals surface area contributed by atoms with Crippen LogP contribution >= 0.6 is 0 Å². The molecule has 0 aromatic rings. The molecule has 19 heavy (non-hydrogen) atoms. The molecule has 1 rings (SSSR count). The smallest absolute Gasteiger partial charge is 0.409 e. The van der Waals surface area contributed by atoms with Gasteiger partial charge in [-0.25, -0.2) is 4.79 Å². The lowest BCUT2D eigenvalue weighted by atomic mass is 9.76. The Kier molecular flexibility index (Phi) is 3.74. The first-order valence-electron chi connectivity index (χ1n) is 5.09. The van der Waals surface area contributed by atoms with Crippen molar-refractivity contribution in [3.63, 3.8) is 0 Å². The lowest BCUT2D eigenvalue weighted by molar-refractivity contribution is -0.275. The average molecular weight is 293 g/mol. The molecule has 1 aliphatic rings. The number of nitrogens with one attached hydrogen (secondary N) is 1. The van der Waals surface area contributed by atoms with Crippen LogP contribution in [-0.4, -0.2) is 34.9 Å². The number of halogens is 6. The van der Waals surface area contributed by atoms with Crippen molar-refractivity contribution in [3.8, 4) is 0 Å². The van der Waals surface area contributed by atoms with Gasteiger partial charge in [-0.15, -0.1) is 0 Å². The normalized spacial score (nSPS) is 18.9. The molecule has 0 unspecified atom stereocenters. The van der Waals surface area contributed by atoms with Crippen LogP contribution in [0, 0.1) is 5.92 Å². The molecule has 4 nitrogen and oxygen atoms in total. The molecular weight excluding hydrogens is 284 g/mol. The maximum Gasteiger partial charge on any atom is 0.409 e. The molecule has 10 heteroatoms. The van der Waals surface area contributed by atoms with Gasteiger partial charge >= 0.3 is 18.3 Å². The first-order chi connectivity index (χ1) is 8.40. The number of carboxylic acids is 1. The first-order valence-corrected chi connectivity index (χ1v) is 5.09. The van der Waals surface area contributed by atoms with Crippen LogP contribution in [0.5, 0.6) is 0 Å². The van der Waals surface area contributed by atoms with Crippen LogP contribution < -0.4 is 5.32 Å². The highest BCUT2D eigenvalue weighted by Gasteiger charge is 2.62. The molecule has 1 amide bonds. The number of carbonyl (C=O) groups is 2. The zero-order chi connectivity index (χ0) is 15.1. The van der Waals surface area contributed by atoms with E-state index in [9.17, 15) is 35.9 Å². The number of carboxylic acid groups (broad SMARTS) is 1. The largest absolute Gasteiger partial charge is 0.480 e. The van der Waals surface area contributed by atoms with E-state index in [1.54, 1.807) is 0 Å². The molecule has 0 aliphatic heterocycles. The maximum absolute atomic E-state index is 12.2. The summed E-state index contributed by atoms with van der Waals surface area (Å²) in [4.78, 5) is 21.9.